The summed E-state index contributed by atoms with van der Waals surface area (Å²) in [6.45, 7) is 2.96. The molecule has 5 heteroatoms. The van der Waals surface area contributed by atoms with Gasteiger partial charge in [-0.25, -0.2) is 9.37 Å². The molecule has 0 bridgehead atoms. The van der Waals surface area contributed by atoms with E-state index < -0.39 is 0 Å². The van der Waals surface area contributed by atoms with Gasteiger partial charge in [-0.15, -0.1) is 0 Å². The summed E-state index contributed by atoms with van der Waals surface area (Å²) in [6.07, 6.45) is 1.64. The third-order valence-electron chi connectivity index (χ3n) is 2.45. The van der Waals surface area contributed by atoms with Gasteiger partial charge in [0.15, 0.2) is 5.82 Å². The molecule has 17 heavy (non-hydrogen) atoms. The van der Waals surface area contributed by atoms with Crippen LogP contribution in [0.4, 0.5) is 4.39 Å². The molecule has 1 aromatic heterocycles. The first-order valence-electron chi connectivity index (χ1n) is 5.45. The van der Waals surface area contributed by atoms with E-state index in [1.54, 1.807) is 17.1 Å². The van der Waals surface area contributed by atoms with Crippen LogP contribution in [0.25, 0.3) is 0 Å². The lowest BCUT2D eigenvalue weighted by Crippen LogP contribution is -2.15. The lowest BCUT2D eigenvalue weighted by molar-refractivity contribution is 0.580. The van der Waals surface area contributed by atoms with Crippen LogP contribution in [-0.4, -0.2) is 14.8 Å². The van der Waals surface area contributed by atoms with Gasteiger partial charge in [-0.3, -0.25) is 4.68 Å². The molecule has 0 saturated heterocycles. The van der Waals surface area contributed by atoms with Crippen molar-refractivity contribution in [3.63, 3.8) is 0 Å². The van der Waals surface area contributed by atoms with Crippen LogP contribution < -0.4 is 5.32 Å². The second-order valence-corrected chi connectivity index (χ2v) is 4.03. The van der Waals surface area contributed by atoms with E-state index in [-0.39, 0.29) is 5.82 Å². The Morgan fingerprint density at radius 1 is 1.35 bits per heavy atom. The molecule has 2 rings (SSSR count). The van der Waals surface area contributed by atoms with Gasteiger partial charge in [-0.05, 0) is 13.0 Å². The quantitative estimate of drug-likeness (QED) is 0.872. The second kappa shape index (κ2) is 5.05. The van der Waals surface area contributed by atoms with Crippen molar-refractivity contribution in [3.8, 4) is 0 Å². The predicted molar refractivity (Wildman–Crippen MR) is 62.7 cm³/mol. The molecule has 0 amide bonds. The van der Waals surface area contributed by atoms with E-state index in [0.29, 0.717) is 24.5 Å². The van der Waals surface area contributed by atoms with Crippen LogP contribution in [0.5, 0.6) is 0 Å². The van der Waals surface area contributed by atoms with Gasteiger partial charge in [-0.2, -0.15) is 5.10 Å². The average molecular weight is 234 g/mol. The number of hydrogen-bond donors (Lipinski definition) is 1. The summed E-state index contributed by atoms with van der Waals surface area (Å²) < 4.78 is 15.1. The molecule has 2 aromatic rings. The van der Waals surface area contributed by atoms with Gasteiger partial charge in [-0.1, -0.05) is 17.7 Å². The minimum absolute atomic E-state index is 0.183. The summed E-state index contributed by atoms with van der Waals surface area (Å²) in [5.41, 5.74) is 1.72. The highest BCUT2D eigenvalue weighted by molar-refractivity contribution is 5.23. The fourth-order valence-electron chi connectivity index (χ4n) is 1.61. The Labute approximate surface area is 99.5 Å². The third kappa shape index (κ3) is 3.10. The Morgan fingerprint density at radius 3 is 2.88 bits per heavy atom. The molecule has 0 aliphatic carbocycles. The van der Waals surface area contributed by atoms with Gasteiger partial charge in [0.1, 0.15) is 12.1 Å². The number of nitrogens with one attached hydrogen (secondary N) is 1. The molecule has 1 aromatic carbocycles. The molecule has 0 aliphatic rings. The summed E-state index contributed by atoms with van der Waals surface area (Å²) in [6, 6.07) is 5.10. The highest BCUT2D eigenvalue weighted by Crippen LogP contribution is 2.09. The first-order chi connectivity index (χ1) is 8.15. The predicted octanol–water partition coefficient (Wildman–Crippen LogP) is 1.55. The summed E-state index contributed by atoms with van der Waals surface area (Å²) in [5.74, 6) is 0.526. The van der Waals surface area contributed by atoms with Crippen LogP contribution in [0.2, 0.25) is 0 Å². The fourth-order valence-corrected chi connectivity index (χ4v) is 1.61. The molecule has 0 saturated carbocycles. The molecular weight excluding hydrogens is 219 g/mol. The maximum Gasteiger partial charge on any atom is 0.164 e. The van der Waals surface area contributed by atoms with E-state index >= 15 is 0 Å². The highest BCUT2D eigenvalue weighted by atomic mass is 19.1. The minimum Gasteiger partial charge on any atom is -0.306 e. The van der Waals surface area contributed by atoms with Crippen LogP contribution >= 0.6 is 0 Å². The molecule has 0 fully saturated rings. The van der Waals surface area contributed by atoms with Crippen molar-refractivity contribution >= 4 is 0 Å². The average Bonchev–Trinajstić information content (AvgIpc) is 2.69. The van der Waals surface area contributed by atoms with Crippen molar-refractivity contribution < 1.29 is 4.39 Å². The molecule has 0 radical (unpaired) electrons. The summed E-state index contributed by atoms with van der Waals surface area (Å²) in [5, 5.41) is 7.25. The largest absolute Gasteiger partial charge is 0.306 e. The molecule has 0 unspecified atom stereocenters. The van der Waals surface area contributed by atoms with E-state index in [4.69, 9.17) is 0 Å². The van der Waals surface area contributed by atoms with Crippen molar-refractivity contribution in [2.45, 2.75) is 20.0 Å². The Balaban J connectivity index is 1.91. The Bertz CT molecular complexity index is 507. The lowest BCUT2D eigenvalue weighted by atomic mass is 10.1. The second-order valence-electron chi connectivity index (χ2n) is 4.03. The number of hydrogen-bond acceptors (Lipinski definition) is 3. The zero-order valence-electron chi connectivity index (χ0n) is 9.94. The number of aromatic nitrogens is 3. The van der Waals surface area contributed by atoms with Crippen molar-refractivity contribution in [1.29, 1.82) is 0 Å². The van der Waals surface area contributed by atoms with E-state index in [1.807, 2.05) is 20.0 Å². The first-order valence-corrected chi connectivity index (χ1v) is 5.45. The smallest absolute Gasteiger partial charge is 0.164 e. The van der Waals surface area contributed by atoms with Gasteiger partial charge in [0.25, 0.3) is 0 Å². The SMILES string of the molecule is Cc1ccc(F)c(CNCc2ncn(C)n2)c1. The fraction of sp³-hybridized carbons (Fsp3) is 0.333. The summed E-state index contributed by atoms with van der Waals surface area (Å²) >= 11 is 0. The van der Waals surface area contributed by atoms with Crippen molar-refractivity contribution in [2.24, 2.45) is 7.05 Å². The van der Waals surface area contributed by atoms with Crippen molar-refractivity contribution in [2.75, 3.05) is 0 Å². The molecule has 0 aliphatic heterocycles. The maximum atomic E-state index is 13.4. The van der Waals surface area contributed by atoms with Gasteiger partial charge < -0.3 is 5.32 Å². The number of benzene rings is 1. The van der Waals surface area contributed by atoms with Crippen molar-refractivity contribution in [3.05, 3.63) is 47.3 Å². The van der Waals surface area contributed by atoms with Crippen LogP contribution in [-0.2, 0) is 20.1 Å². The van der Waals surface area contributed by atoms with E-state index in [2.05, 4.69) is 15.4 Å². The van der Waals surface area contributed by atoms with E-state index in [1.165, 1.54) is 6.07 Å². The van der Waals surface area contributed by atoms with Gasteiger partial charge in [0.05, 0.1) is 6.54 Å². The van der Waals surface area contributed by atoms with Crippen LogP contribution in [0.1, 0.15) is 17.0 Å². The molecular formula is C12H15FN4. The number of nitrogens with zero attached hydrogens (tertiary/aromatic N) is 3. The zero-order chi connectivity index (χ0) is 12.3. The molecule has 1 heterocycles. The van der Waals surface area contributed by atoms with Crippen molar-refractivity contribution in [1.82, 2.24) is 20.1 Å². The number of aryl methyl sites for hydroxylation is 2. The van der Waals surface area contributed by atoms with Gasteiger partial charge in [0.2, 0.25) is 0 Å². The molecule has 0 spiro atoms. The highest BCUT2D eigenvalue weighted by Gasteiger charge is 2.03. The number of halogens is 1. The summed E-state index contributed by atoms with van der Waals surface area (Å²) in [7, 11) is 1.82. The minimum atomic E-state index is -0.183. The summed E-state index contributed by atoms with van der Waals surface area (Å²) in [4.78, 5) is 4.08. The third-order valence-corrected chi connectivity index (χ3v) is 2.45. The Hall–Kier alpha value is -1.75. The van der Waals surface area contributed by atoms with E-state index in [0.717, 1.165) is 5.56 Å². The van der Waals surface area contributed by atoms with Gasteiger partial charge in [0, 0.05) is 19.2 Å². The monoisotopic (exact) mass is 234 g/mol. The van der Waals surface area contributed by atoms with E-state index in [9.17, 15) is 4.39 Å². The Kier molecular flexibility index (Phi) is 3.49. The standard InChI is InChI=1S/C12H15FN4/c1-9-3-4-11(13)10(5-9)6-14-7-12-15-8-17(2)16-12/h3-5,8,14H,6-7H2,1-2H3. The van der Waals surface area contributed by atoms with Gasteiger partial charge >= 0.3 is 0 Å². The Morgan fingerprint density at radius 2 is 2.18 bits per heavy atom. The van der Waals surface area contributed by atoms with Crippen LogP contribution in [0.3, 0.4) is 0 Å². The van der Waals surface area contributed by atoms with Crippen LogP contribution in [0.15, 0.2) is 24.5 Å². The molecule has 1 N–H and O–H groups in total. The molecule has 90 valence electrons. The molecule has 4 nitrogen and oxygen atoms in total. The normalized spacial score (nSPS) is 10.8. The lowest BCUT2D eigenvalue weighted by Gasteiger charge is -2.05. The first kappa shape index (κ1) is 11.7. The molecule has 0 atom stereocenters. The topological polar surface area (TPSA) is 42.7 Å². The maximum absolute atomic E-state index is 13.4. The van der Waals surface area contributed by atoms with Crippen LogP contribution in [0, 0.1) is 12.7 Å². The number of rotatable bonds is 4. The zero-order valence-corrected chi connectivity index (χ0v) is 9.94.